The fourth-order valence-corrected chi connectivity index (χ4v) is 3.56. The number of aldehydes is 1. The molecule has 0 amide bonds. The van der Waals surface area contributed by atoms with Crippen molar-refractivity contribution in [2.75, 3.05) is 12.4 Å². The Balaban J connectivity index is 2.11. The fourth-order valence-electron chi connectivity index (χ4n) is 2.02. The lowest BCUT2D eigenvalue weighted by Crippen LogP contribution is -2.30. The maximum Gasteiger partial charge on any atom is 0.311 e. The third kappa shape index (κ3) is 4.29. The first-order valence-corrected chi connectivity index (χ1v) is 8.66. The standard InChI is InChI=1S/C13H15BrO5S/c14-11-5-4-10(8-15)13(7-11)19-20(16,17)9-12-3-1-2-6-18-12/h4-5,7-8,12H,1-3,6,9H2. The minimum absolute atomic E-state index is 0.0326. The predicted octanol–water partition coefficient (Wildman–Crippen LogP) is 2.54. The number of halogens is 1. The number of hydrogen-bond donors (Lipinski definition) is 0. The van der Waals surface area contributed by atoms with E-state index in [0.29, 0.717) is 23.8 Å². The first-order valence-electron chi connectivity index (χ1n) is 6.29. The highest BCUT2D eigenvalue weighted by Gasteiger charge is 2.24. The number of carbonyl (C=O) groups excluding carboxylic acids is 1. The van der Waals surface area contributed by atoms with E-state index in [2.05, 4.69) is 15.9 Å². The van der Waals surface area contributed by atoms with Gasteiger partial charge < -0.3 is 8.92 Å². The van der Waals surface area contributed by atoms with Crippen LogP contribution >= 0.6 is 15.9 Å². The van der Waals surface area contributed by atoms with E-state index in [1.807, 2.05) is 0 Å². The van der Waals surface area contributed by atoms with Gasteiger partial charge in [0.15, 0.2) is 12.0 Å². The van der Waals surface area contributed by atoms with Gasteiger partial charge in [-0.3, -0.25) is 4.79 Å². The van der Waals surface area contributed by atoms with Gasteiger partial charge in [-0.15, -0.1) is 0 Å². The van der Waals surface area contributed by atoms with Crippen LogP contribution in [-0.2, 0) is 14.9 Å². The van der Waals surface area contributed by atoms with E-state index in [0.717, 1.165) is 12.8 Å². The van der Waals surface area contributed by atoms with Crippen LogP contribution in [0.4, 0.5) is 0 Å². The molecule has 1 fully saturated rings. The average Bonchev–Trinajstić information content (AvgIpc) is 2.39. The van der Waals surface area contributed by atoms with Crippen LogP contribution in [-0.4, -0.2) is 33.2 Å². The summed E-state index contributed by atoms with van der Waals surface area (Å²) in [5, 5.41) is 0. The minimum atomic E-state index is -3.79. The van der Waals surface area contributed by atoms with Crippen molar-refractivity contribution in [3.63, 3.8) is 0 Å². The van der Waals surface area contributed by atoms with E-state index in [1.165, 1.54) is 12.1 Å². The molecule has 0 aliphatic carbocycles. The Bertz CT molecular complexity index is 578. The summed E-state index contributed by atoms with van der Waals surface area (Å²) < 4.78 is 35.1. The summed E-state index contributed by atoms with van der Waals surface area (Å²) in [7, 11) is -3.79. The highest BCUT2D eigenvalue weighted by atomic mass is 79.9. The molecule has 1 aromatic rings. The molecule has 1 unspecified atom stereocenters. The molecule has 0 N–H and O–H groups in total. The number of ether oxygens (including phenoxy) is 1. The second kappa shape index (κ2) is 6.69. The SMILES string of the molecule is O=Cc1ccc(Br)cc1OS(=O)(=O)CC1CCCCO1. The summed E-state index contributed by atoms with van der Waals surface area (Å²) in [5.74, 6) is -0.164. The quantitative estimate of drug-likeness (QED) is 0.594. The number of carbonyl (C=O) groups is 1. The summed E-state index contributed by atoms with van der Waals surface area (Å²) in [5.41, 5.74) is 0.196. The lowest BCUT2D eigenvalue weighted by molar-refractivity contribution is 0.0298. The topological polar surface area (TPSA) is 69.7 Å². The average molecular weight is 363 g/mol. The summed E-state index contributed by atoms with van der Waals surface area (Å²) in [6.07, 6.45) is 2.85. The summed E-state index contributed by atoms with van der Waals surface area (Å²) in [6, 6.07) is 4.61. The minimum Gasteiger partial charge on any atom is -0.382 e. The molecular weight excluding hydrogens is 348 g/mol. The zero-order valence-electron chi connectivity index (χ0n) is 10.7. The molecule has 0 bridgehead atoms. The Morgan fingerprint density at radius 2 is 2.20 bits per heavy atom. The fraction of sp³-hybridized carbons (Fsp3) is 0.462. The molecule has 110 valence electrons. The molecule has 1 aliphatic rings. The molecule has 1 heterocycles. The van der Waals surface area contributed by atoms with Crippen LogP contribution < -0.4 is 4.18 Å². The van der Waals surface area contributed by atoms with Crippen LogP contribution in [0.1, 0.15) is 29.6 Å². The van der Waals surface area contributed by atoms with Crippen LogP contribution in [0.15, 0.2) is 22.7 Å². The van der Waals surface area contributed by atoms with Crippen LogP contribution in [0.25, 0.3) is 0 Å². The summed E-state index contributed by atoms with van der Waals surface area (Å²) in [4.78, 5) is 10.9. The van der Waals surface area contributed by atoms with Gasteiger partial charge in [-0.1, -0.05) is 15.9 Å². The second-order valence-electron chi connectivity index (χ2n) is 4.60. The maximum absolute atomic E-state index is 12.0. The molecule has 7 heteroatoms. The van der Waals surface area contributed by atoms with E-state index in [1.54, 1.807) is 6.07 Å². The van der Waals surface area contributed by atoms with Gasteiger partial charge >= 0.3 is 10.1 Å². The maximum atomic E-state index is 12.0. The Hall–Kier alpha value is -0.920. The Kier molecular flexibility index (Phi) is 5.17. The molecule has 2 rings (SSSR count). The third-order valence-electron chi connectivity index (χ3n) is 2.98. The highest BCUT2D eigenvalue weighted by molar-refractivity contribution is 9.10. The van der Waals surface area contributed by atoms with Gasteiger partial charge in [0.1, 0.15) is 5.75 Å². The Morgan fingerprint density at radius 3 is 2.85 bits per heavy atom. The number of rotatable bonds is 5. The van der Waals surface area contributed by atoms with Gasteiger partial charge in [0.25, 0.3) is 0 Å². The largest absolute Gasteiger partial charge is 0.382 e. The van der Waals surface area contributed by atoms with E-state index < -0.39 is 10.1 Å². The summed E-state index contributed by atoms with van der Waals surface area (Å²) >= 11 is 3.22. The molecule has 0 saturated carbocycles. The van der Waals surface area contributed by atoms with E-state index in [-0.39, 0.29) is 23.2 Å². The molecule has 20 heavy (non-hydrogen) atoms. The second-order valence-corrected chi connectivity index (χ2v) is 7.13. The zero-order chi connectivity index (χ0) is 14.6. The molecular formula is C13H15BrO5S. The van der Waals surface area contributed by atoms with Crippen molar-refractivity contribution in [3.05, 3.63) is 28.2 Å². The molecule has 1 saturated heterocycles. The predicted molar refractivity (Wildman–Crippen MR) is 77.5 cm³/mol. The Labute approximate surface area is 126 Å². The van der Waals surface area contributed by atoms with Crippen molar-refractivity contribution in [1.29, 1.82) is 0 Å². The molecule has 1 aliphatic heterocycles. The smallest absolute Gasteiger partial charge is 0.311 e. The van der Waals surface area contributed by atoms with Crippen LogP contribution in [0, 0.1) is 0 Å². The molecule has 1 aromatic carbocycles. The van der Waals surface area contributed by atoms with Gasteiger partial charge in [0, 0.05) is 11.1 Å². The molecule has 0 radical (unpaired) electrons. The third-order valence-corrected chi connectivity index (χ3v) is 4.69. The molecule has 1 atom stereocenters. The first kappa shape index (κ1) is 15.5. The van der Waals surface area contributed by atoms with Crippen molar-refractivity contribution in [3.8, 4) is 5.75 Å². The van der Waals surface area contributed by atoms with Gasteiger partial charge in [-0.05, 0) is 37.5 Å². The van der Waals surface area contributed by atoms with Gasteiger partial charge in [-0.2, -0.15) is 8.42 Å². The normalized spacial score (nSPS) is 19.6. The van der Waals surface area contributed by atoms with Gasteiger partial charge in [0.05, 0.1) is 11.7 Å². The molecule has 0 aromatic heterocycles. The number of hydrogen-bond acceptors (Lipinski definition) is 5. The molecule has 5 nitrogen and oxygen atoms in total. The lowest BCUT2D eigenvalue weighted by atomic mass is 10.1. The highest BCUT2D eigenvalue weighted by Crippen LogP contribution is 2.25. The number of benzene rings is 1. The van der Waals surface area contributed by atoms with Gasteiger partial charge in [0.2, 0.25) is 0 Å². The lowest BCUT2D eigenvalue weighted by Gasteiger charge is -2.22. The monoisotopic (exact) mass is 362 g/mol. The van der Waals surface area contributed by atoms with Gasteiger partial charge in [-0.25, -0.2) is 0 Å². The van der Waals surface area contributed by atoms with Crippen molar-refractivity contribution < 1.29 is 22.1 Å². The first-order chi connectivity index (χ1) is 9.50. The van der Waals surface area contributed by atoms with E-state index in [9.17, 15) is 13.2 Å². The zero-order valence-corrected chi connectivity index (χ0v) is 13.2. The van der Waals surface area contributed by atoms with Crippen LogP contribution in [0.3, 0.4) is 0 Å². The Morgan fingerprint density at radius 1 is 1.40 bits per heavy atom. The van der Waals surface area contributed by atoms with Crippen molar-refractivity contribution >= 4 is 32.3 Å². The molecule has 0 spiro atoms. The summed E-state index contributed by atoms with van der Waals surface area (Å²) in [6.45, 7) is 0.580. The van der Waals surface area contributed by atoms with Crippen LogP contribution in [0.5, 0.6) is 5.75 Å². The van der Waals surface area contributed by atoms with E-state index in [4.69, 9.17) is 8.92 Å². The van der Waals surface area contributed by atoms with Crippen molar-refractivity contribution in [1.82, 2.24) is 0 Å². The van der Waals surface area contributed by atoms with E-state index >= 15 is 0 Å². The van der Waals surface area contributed by atoms with Crippen LogP contribution in [0.2, 0.25) is 0 Å². The van der Waals surface area contributed by atoms with Crippen molar-refractivity contribution in [2.24, 2.45) is 0 Å². The van der Waals surface area contributed by atoms with Crippen molar-refractivity contribution in [2.45, 2.75) is 25.4 Å².